The van der Waals surface area contributed by atoms with E-state index < -0.39 is 0 Å². The predicted molar refractivity (Wildman–Crippen MR) is 148 cm³/mol. The molecular weight excluding hydrogens is 462 g/mol. The Kier molecular flexibility index (Phi) is 8.49. The molecule has 37 heavy (non-hydrogen) atoms. The van der Waals surface area contributed by atoms with Gasteiger partial charge in [-0.05, 0) is 94.0 Å². The average molecular weight is 500 g/mol. The largest absolute Gasteiger partial charge is 0.493 e. The van der Waals surface area contributed by atoms with Crippen LogP contribution < -0.4 is 14.8 Å². The van der Waals surface area contributed by atoms with Crippen LogP contribution in [0.25, 0.3) is 11.0 Å². The Morgan fingerprint density at radius 3 is 2.24 bits per heavy atom. The van der Waals surface area contributed by atoms with Gasteiger partial charge < -0.3 is 19.4 Å². The second kappa shape index (κ2) is 12.0. The molecule has 0 saturated heterocycles. The van der Waals surface area contributed by atoms with E-state index in [1.54, 1.807) is 0 Å². The van der Waals surface area contributed by atoms with Gasteiger partial charge in [-0.15, -0.1) is 0 Å². The van der Waals surface area contributed by atoms with Crippen LogP contribution in [0.2, 0.25) is 0 Å². The quantitative estimate of drug-likeness (QED) is 0.243. The lowest BCUT2D eigenvalue weighted by atomic mass is 10.1. The molecule has 1 unspecified atom stereocenters. The maximum Gasteiger partial charge on any atom is 0.258 e. The van der Waals surface area contributed by atoms with Gasteiger partial charge in [0, 0.05) is 6.54 Å². The van der Waals surface area contributed by atoms with Crippen molar-refractivity contribution in [2.24, 2.45) is 0 Å². The van der Waals surface area contributed by atoms with Crippen molar-refractivity contribution in [3.05, 3.63) is 88.7 Å². The van der Waals surface area contributed by atoms with Gasteiger partial charge in [-0.2, -0.15) is 0 Å². The van der Waals surface area contributed by atoms with Crippen LogP contribution in [0.3, 0.4) is 0 Å². The van der Waals surface area contributed by atoms with Gasteiger partial charge in [0.05, 0.1) is 23.7 Å². The first-order valence-corrected chi connectivity index (χ1v) is 13.0. The highest BCUT2D eigenvalue weighted by molar-refractivity contribution is 5.79. The number of fused-ring (bicyclic) bond motifs is 1. The minimum atomic E-state index is -0.256. The van der Waals surface area contributed by atoms with Gasteiger partial charge in [-0.1, -0.05) is 36.4 Å². The zero-order valence-electron chi connectivity index (χ0n) is 22.5. The summed E-state index contributed by atoms with van der Waals surface area (Å²) in [5, 5.41) is 3.06. The molecule has 0 bridgehead atoms. The number of rotatable bonds is 11. The Morgan fingerprint density at radius 2 is 1.54 bits per heavy atom. The molecule has 0 spiro atoms. The molecule has 4 aromatic rings. The monoisotopic (exact) mass is 499 g/mol. The summed E-state index contributed by atoms with van der Waals surface area (Å²) in [6.07, 6.45) is 1.86. The van der Waals surface area contributed by atoms with Crippen LogP contribution in [0, 0.1) is 27.7 Å². The van der Waals surface area contributed by atoms with Gasteiger partial charge in [0.15, 0.2) is 6.61 Å². The van der Waals surface area contributed by atoms with Gasteiger partial charge >= 0.3 is 0 Å². The summed E-state index contributed by atoms with van der Waals surface area (Å²) in [4.78, 5) is 17.6. The van der Waals surface area contributed by atoms with Gasteiger partial charge in [-0.3, -0.25) is 4.79 Å². The van der Waals surface area contributed by atoms with E-state index in [2.05, 4.69) is 48.0 Å². The molecule has 6 nitrogen and oxygen atoms in total. The van der Waals surface area contributed by atoms with Crippen molar-refractivity contribution >= 4 is 16.9 Å². The summed E-state index contributed by atoms with van der Waals surface area (Å²) in [6, 6.07) is 20.1. The van der Waals surface area contributed by atoms with Crippen molar-refractivity contribution in [1.82, 2.24) is 14.9 Å². The first-order valence-electron chi connectivity index (χ1n) is 13.0. The number of carbonyl (C=O) groups excluding carboxylic acids is 1. The van der Waals surface area contributed by atoms with Crippen molar-refractivity contribution in [3.63, 3.8) is 0 Å². The van der Waals surface area contributed by atoms with Crippen LogP contribution in [0.15, 0.2) is 60.7 Å². The SMILES string of the molecule is Cc1ccc(C)c(OCCCCn2c(C(C)NC(=O)COc3cc(C)ccc3C)nc3ccccc32)c1. The Hall–Kier alpha value is -3.80. The van der Waals surface area contributed by atoms with E-state index in [9.17, 15) is 4.79 Å². The zero-order valence-corrected chi connectivity index (χ0v) is 22.5. The van der Waals surface area contributed by atoms with Gasteiger partial charge in [0.1, 0.15) is 17.3 Å². The zero-order chi connectivity index (χ0) is 26.4. The van der Waals surface area contributed by atoms with Crippen LogP contribution in [0.4, 0.5) is 0 Å². The Bertz CT molecular complexity index is 1380. The molecule has 4 rings (SSSR count). The molecule has 1 N–H and O–H groups in total. The summed E-state index contributed by atoms with van der Waals surface area (Å²) < 4.78 is 14.0. The van der Waals surface area contributed by atoms with Crippen molar-refractivity contribution in [2.75, 3.05) is 13.2 Å². The molecule has 1 heterocycles. The highest BCUT2D eigenvalue weighted by Crippen LogP contribution is 2.23. The lowest BCUT2D eigenvalue weighted by Gasteiger charge is -2.17. The Morgan fingerprint density at radius 1 is 0.892 bits per heavy atom. The van der Waals surface area contributed by atoms with E-state index in [-0.39, 0.29) is 18.6 Å². The third-order valence-electron chi connectivity index (χ3n) is 6.53. The lowest BCUT2D eigenvalue weighted by molar-refractivity contribution is -0.123. The summed E-state index contributed by atoms with van der Waals surface area (Å²) >= 11 is 0. The van der Waals surface area contributed by atoms with Crippen molar-refractivity contribution in [3.8, 4) is 11.5 Å². The van der Waals surface area contributed by atoms with Crippen LogP contribution in [0.5, 0.6) is 11.5 Å². The lowest BCUT2D eigenvalue weighted by Crippen LogP contribution is -2.32. The summed E-state index contributed by atoms with van der Waals surface area (Å²) in [6.45, 7) is 11.5. The topological polar surface area (TPSA) is 65.4 Å². The van der Waals surface area contributed by atoms with Crippen LogP contribution >= 0.6 is 0 Å². The van der Waals surface area contributed by atoms with E-state index in [4.69, 9.17) is 14.5 Å². The summed E-state index contributed by atoms with van der Waals surface area (Å²) in [5.74, 6) is 2.36. The number of para-hydroxylation sites is 2. The van der Waals surface area contributed by atoms with E-state index in [1.807, 2.05) is 57.2 Å². The van der Waals surface area contributed by atoms with Crippen LogP contribution in [-0.2, 0) is 11.3 Å². The first kappa shape index (κ1) is 26.3. The van der Waals surface area contributed by atoms with Crippen molar-refractivity contribution < 1.29 is 14.3 Å². The molecule has 0 radical (unpaired) electrons. The standard InChI is InChI=1S/C31H37N3O3/c1-21-12-14-23(3)28(18-21)36-17-9-8-16-34-27-11-7-6-10-26(27)33-31(34)25(5)32-30(35)20-37-29-19-22(2)13-15-24(29)4/h6-7,10-15,18-19,25H,8-9,16-17,20H2,1-5H3,(H,32,35). The normalized spacial score (nSPS) is 11.9. The van der Waals surface area contributed by atoms with Crippen LogP contribution in [-0.4, -0.2) is 28.7 Å². The molecule has 1 atom stereocenters. The highest BCUT2D eigenvalue weighted by Gasteiger charge is 2.19. The Balaban J connectivity index is 1.37. The molecule has 0 fully saturated rings. The number of benzene rings is 3. The second-order valence-electron chi connectivity index (χ2n) is 9.78. The van der Waals surface area contributed by atoms with Crippen LogP contribution in [0.1, 0.15) is 53.9 Å². The molecule has 3 aromatic carbocycles. The summed E-state index contributed by atoms with van der Waals surface area (Å²) in [5.41, 5.74) is 6.46. The van der Waals surface area contributed by atoms with Gasteiger partial charge in [0.2, 0.25) is 0 Å². The minimum absolute atomic E-state index is 0.0371. The Labute approximate surface area is 219 Å². The highest BCUT2D eigenvalue weighted by atomic mass is 16.5. The number of ether oxygens (including phenoxy) is 2. The number of unbranched alkanes of at least 4 members (excludes halogenated alkanes) is 1. The fraction of sp³-hybridized carbons (Fsp3) is 0.355. The molecule has 0 aliphatic rings. The molecule has 0 saturated carbocycles. The maximum atomic E-state index is 12.7. The average Bonchev–Trinajstić information content (AvgIpc) is 3.25. The second-order valence-corrected chi connectivity index (χ2v) is 9.78. The molecule has 1 aromatic heterocycles. The molecule has 0 aliphatic heterocycles. The van der Waals surface area contributed by atoms with Crippen molar-refractivity contribution in [2.45, 2.75) is 60.0 Å². The van der Waals surface area contributed by atoms with E-state index in [1.165, 1.54) is 5.56 Å². The number of nitrogens with zero attached hydrogens (tertiary/aromatic N) is 2. The number of hydrogen-bond donors (Lipinski definition) is 1. The minimum Gasteiger partial charge on any atom is -0.493 e. The number of nitrogens with one attached hydrogen (secondary N) is 1. The van der Waals surface area contributed by atoms with Gasteiger partial charge in [0.25, 0.3) is 5.91 Å². The van der Waals surface area contributed by atoms with E-state index >= 15 is 0 Å². The smallest absolute Gasteiger partial charge is 0.258 e. The summed E-state index contributed by atoms with van der Waals surface area (Å²) in [7, 11) is 0. The number of amides is 1. The molecule has 0 aliphatic carbocycles. The fourth-order valence-electron chi connectivity index (χ4n) is 4.43. The third kappa shape index (κ3) is 6.70. The third-order valence-corrected chi connectivity index (χ3v) is 6.53. The molecule has 6 heteroatoms. The fourth-order valence-corrected chi connectivity index (χ4v) is 4.43. The first-order chi connectivity index (χ1) is 17.8. The molecule has 194 valence electrons. The van der Waals surface area contributed by atoms with E-state index in [0.29, 0.717) is 6.61 Å². The molecular formula is C31H37N3O3. The van der Waals surface area contributed by atoms with Gasteiger partial charge in [-0.25, -0.2) is 4.98 Å². The number of aryl methyl sites for hydroxylation is 5. The number of aromatic nitrogens is 2. The van der Waals surface area contributed by atoms with E-state index in [0.717, 1.165) is 64.4 Å². The number of imidazole rings is 1. The maximum absolute atomic E-state index is 12.7. The van der Waals surface area contributed by atoms with Crippen molar-refractivity contribution in [1.29, 1.82) is 0 Å². The molecule has 1 amide bonds. The number of carbonyl (C=O) groups is 1. The number of hydrogen-bond acceptors (Lipinski definition) is 4. The predicted octanol–water partition coefficient (Wildman–Crippen LogP) is 6.39.